The third kappa shape index (κ3) is 5.05. The van der Waals surface area contributed by atoms with Crippen LogP contribution in [0.1, 0.15) is 37.8 Å². The predicted octanol–water partition coefficient (Wildman–Crippen LogP) is 3.27. The number of thiazole rings is 1. The molecule has 0 radical (unpaired) electrons. The average molecular weight is 358 g/mol. The Labute approximate surface area is 139 Å². The van der Waals surface area contributed by atoms with E-state index in [1.165, 1.54) is 17.5 Å². The molecule has 2 rings (SSSR count). The van der Waals surface area contributed by atoms with E-state index in [1.54, 1.807) is 12.1 Å². The minimum Gasteiger partial charge on any atom is -0.476 e. The number of amides is 1. The number of aromatic carboxylic acids is 1. The van der Waals surface area contributed by atoms with Crippen LogP contribution in [0.5, 0.6) is 0 Å². The fraction of sp³-hybridized carbons (Fsp3) is 0.267. The molecule has 9 heteroatoms. The number of aromatic nitrogens is 1. The summed E-state index contributed by atoms with van der Waals surface area (Å²) in [5.74, 6) is -1.69. The first-order valence-corrected chi connectivity index (χ1v) is 7.75. The SMILES string of the molecule is O=C(O)c1csc(CNC(=O)c2ccccc2CCC(F)(F)F)n1. The van der Waals surface area contributed by atoms with E-state index in [9.17, 15) is 22.8 Å². The van der Waals surface area contributed by atoms with Gasteiger partial charge in [0.1, 0.15) is 5.01 Å². The minimum absolute atomic E-state index is 0.00435. The molecule has 128 valence electrons. The molecule has 0 unspecified atom stereocenters. The first-order chi connectivity index (χ1) is 11.3. The maximum Gasteiger partial charge on any atom is 0.389 e. The lowest BCUT2D eigenvalue weighted by molar-refractivity contribution is -0.134. The quantitative estimate of drug-likeness (QED) is 0.831. The second-order valence-electron chi connectivity index (χ2n) is 4.89. The van der Waals surface area contributed by atoms with Gasteiger partial charge in [0.25, 0.3) is 5.91 Å². The van der Waals surface area contributed by atoms with Crippen molar-refractivity contribution in [1.29, 1.82) is 0 Å². The van der Waals surface area contributed by atoms with Crippen LogP contribution < -0.4 is 5.32 Å². The van der Waals surface area contributed by atoms with Crippen molar-refractivity contribution in [2.24, 2.45) is 0 Å². The summed E-state index contributed by atoms with van der Waals surface area (Å²) in [5.41, 5.74) is 0.351. The number of carboxylic acid groups (broad SMARTS) is 1. The van der Waals surface area contributed by atoms with Gasteiger partial charge in [-0.05, 0) is 18.1 Å². The van der Waals surface area contributed by atoms with E-state index < -0.39 is 24.5 Å². The largest absolute Gasteiger partial charge is 0.476 e. The molecule has 24 heavy (non-hydrogen) atoms. The molecule has 0 fully saturated rings. The Kier molecular flexibility index (Phi) is 5.55. The number of nitrogens with zero attached hydrogens (tertiary/aromatic N) is 1. The van der Waals surface area contributed by atoms with Gasteiger partial charge in [0, 0.05) is 17.4 Å². The molecule has 5 nitrogen and oxygen atoms in total. The minimum atomic E-state index is -4.29. The molecule has 0 aliphatic heterocycles. The molecule has 0 spiro atoms. The summed E-state index contributed by atoms with van der Waals surface area (Å²) in [6.07, 6.45) is -5.59. The van der Waals surface area contributed by atoms with Gasteiger partial charge in [0.05, 0.1) is 6.54 Å². The van der Waals surface area contributed by atoms with E-state index in [-0.39, 0.29) is 24.2 Å². The molecule has 0 aliphatic carbocycles. The zero-order chi connectivity index (χ0) is 17.7. The van der Waals surface area contributed by atoms with Crippen molar-refractivity contribution in [3.05, 3.63) is 51.5 Å². The van der Waals surface area contributed by atoms with Gasteiger partial charge in [0.2, 0.25) is 0 Å². The average Bonchev–Trinajstić information content (AvgIpc) is 2.99. The van der Waals surface area contributed by atoms with Crippen molar-refractivity contribution in [2.45, 2.75) is 25.6 Å². The van der Waals surface area contributed by atoms with Crippen LogP contribution in [0.25, 0.3) is 0 Å². The van der Waals surface area contributed by atoms with Gasteiger partial charge in [0.15, 0.2) is 5.69 Å². The molecule has 2 aromatic rings. The number of hydrogen-bond donors (Lipinski definition) is 2. The lowest BCUT2D eigenvalue weighted by Crippen LogP contribution is -2.24. The van der Waals surface area contributed by atoms with Gasteiger partial charge in [-0.3, -0.25) is 4.79 Å². The second kappa shape index (κ2) is 7.43. The van der Waals surface area contributed by atoms with Crippen molar-refractivity contribution < 1.29 is 27.9 Å². The van der Waals surface area contributed by atoms with Gasteiger partial charge in [-0.2, -0.15) is 13.2 Å². The highest BCUT2D eigenvalue weighted by Crippen LogP contribution is 2.23. The Morgan fingerprint density at radius 1 is 1.25 bits per heavy atom. The standard InChI is InChI=1S/C15H13F3N2O3S/c16-15(17,18)6-5-9-3-1-2-4-10(9)13(21)19-7-12-20-11(8-24-12)14(22)23/h1-4,8H,5-7H2,(H,19,21)(H,22,23). The van der Waals surface area contributed by atoms with E-state index in [0.29, 0.717) is 10.6 Å². The smallest absolute Gasteiger partial charge is 0.389 e. The molecule has 1 amide bonds. The van der Waals surface area contributed by atoms with E-state index in [1.807, 2.05) is 0 Å². The number of nitrogens with one attached hydrogen (secondary N) is 1. The number of halogens is 3. The van der Waals surface area contributed by atoms with Crippen LogP contribution in [-0.4, -0.2) is 28.1 Å². The van der Waals surface area contributed by atoms with Crippen molar-refractivity contribution in [3.63, 3.8) is 0 Å². The Bertz CT molecular complexity index is 744. The van der Waals surface area contributed by atoms with Crippen LogP contribution in [0.4, 0.5) is 13.2 Å². The maximum absolute atomic E-state index is 12.4. The summed E-state index contributed by atoms with van der Waals surface area (Å²) in [5, 5.41) is 13.1. The van der Waals surface area contributed by atoms with Crippen LogP contribution >= 0.6 is 11.3 Å². The van der Waals surface area contributed by atoms with Crippen LogP contribution in [-0.2, 0) is 13.0 Å². The van der Waals surface area contributed by atoms with Gasteiger partial charge in [-0.15, -0.1) is 11.3 Å². The number of benzene rings is 1. The Hall–Kier alpha value is -2.42. The molecule has 0 saturated carbocycles. The second-order valence-corrected chi connectivity index (χ2v) is 5.83. The summed E-state index contributed by atoms with van der Waals surface area (Å²) in [7, 11) is 0. The zero-order valence-corrected chi connectivity index (χ0v) is 13.1. The van der Waals surface area contributed by atoms with Crippen LogP contribution in [0.15, 0.2) is 29.6 Å². The van der Waals surface area contributed by atoms with Gasteiger partial charge in [-0.25, -0.2) is 9.78 Å². The number of aryl methyl sites for hydroxylation is 1. The van der Waals surface area contributed by atoms with E-state index in [2.05, 4.69) is 10.3 Å². The van der Waals surface area contributed by atoms with Gasteiger partial charge < -0.3 is 10.4 Å². The monoisotopic (exact) mass is 358 g/mol. The van der Waals surface area contributed by atoms with Crippen LogP contribution in [0.3, 0.4) is 0 Å². The normalized spacial score (nSPS) is 11.3. The number of hydrogen-bond acceptors (Lipinski definition) is 4. The maximum atomic E-state index is 12.4. The van der Waals surface area contributed by atoms with Gasteiger partial charge >= 0.3 is 12.1 Å². The van der Waals surface area contributed by atoms with Crippen molar-refractivity contribution in [3.8, 4) is 0 Å². The number of carbonyl (C=O) groups excluding carboxylic acids is 1. The molecule has 1 aromatic heterocycles. The third-order valence-corrected chi connectivity index (χ3v) is 3.96. The molecule has 0 saturated heterocycles. The zero-order valence-electron chi connectivity index (χ0n) is 12.3. The fourth-order valence-corrected chi connectivity index (χ4v) is 2.69. The molecule has 1 aromatic carbocycles. The summed E-state index contributed by atoms with van der Waals surface area (Å²) in [6, 6.07) is 6.07. The highest BCUT2D eigenvalue weighted by Gasteiger charge is 2.27. The Morgan fingerprint density at radius 3 is 2.58 bits per heavy atom. The van der Waals surface area contributed by atoms with Crippen molar-refractivity contribution in [1.82, 2.24) is 10.3 Å². The molecule has 0 atom stereocenters. The third-order valence-electron chi connectivity index (χ3n) is 3.11. The number of rotatable bonds is 6. The summed E-state index contributed by atoms with van der Waals surface area (Å²) in [6.45, 7) is 0.00435. The molecule has 0 aliphatic rings. The molecular weight excluding hydrogens is 345 g/mol. The Morgan fingerprint density at radius 2 is 1.96 bits per heavy atom. The summed E-state index contributed by atoms with van der Waals surface area (Å²) >= 11 is 1.08. The van der Waals surface area contributed by atoms with Gasteiger partial charge in [-0.1, -0.05) is 18.2 Å². The Balaban J connectivity index is 2.02. The van der Waals surface area contributed by atoms with E-state index >= 15 is 0 Å². The first-order valence-electron chi connectivity index (χ1n) is 6.87. The van der Waals surface area contributed by atoms with E-state index in [0.717, 1.165) is 11.3 Å². The van der Waals surface area contributed by atoms with Crippen molar-refractivity contribution in [2.75, 3.05) is 0 Å². The number of carbonyl (C=O) groups is 2. The summed E-state index contributed by atoms with van der Waals surface area (Å²) in [4.78, 5) is 26.7. The highest BCUT2D eigenvalue weighted by molar-refractivity contribution is 7.09. The predicted molar refractivity (Wildman–Crippen MR) is 81.1 cm³/mol. The van der Waals surface area contributed by atoms with Crippen LogP contribution in [0, 0.1) is 0 Å². The molecule has 2 N–H and O–H groups in total. The van der Waals surface area contributed by atoms with Crippen LogP contribution in [0.2, 0.25) is 0 Å². The number of carboxylic acids is 1. The van der Waals surface area contributed by atoms with E-state index in [4.69, 9.17) is 5.11 Å². The first kappa shape index (κ1) is 17.9. The number of alkyl halides is 3. The lowest BCUT2D eigenvalue weighted by atomic mass is 10.0. The molecular formula is C15H13F3N2O3S. The van der Waals surface area contributed by atoms with Crippen molar-refractivity contribution >= 4 is 23.2 Å². The fourth-order valence-electron chi connectivity index (χ4n) is 1.98. The summed E-state index contributed by atoms with van der Waals surface area (Å²) < 4.78 is 37.1. The lowest BCUT2D eigenvalue weighted by Gasteiger charge is -2.11. The molecule has 1 heterocycles. The topological polar surface area (TPSA) is 79.3 Å². The highest BCUT2D eigenvalue weighted by atomic mass is 32.1. The molecule has 0 bridgehead atoms.